The molecule has 0 saturated heterocycles. The molecular formula is C68H44N4O2P2. The van der Waals surface area contributed by atoms with Gasteiger partial charge in [0.2, 0.25) is 0 Å². The molecule has 0 bridgehead atoms. The van der Waals surface area contributed by atoms with Crippen LogP contribution in [0, 0.1) is 0 Å². The Kier molecular flexibility index (Phi) is 10.0. The molecule has 0 spiro atoms. The topological polar surface area (TPSA) is 68.7 Å². The third-order valence-electron chi connectivity index (χ3n) is 15.4. The molecule has 15 aromatic rings. The first-order valence-electron chi connectivity index (χ1n) is 25.5. The summed E-state index contributed by atoms with van der Waals surface area (Å²) in [4.78, 5) is 10.5. The zero-order valence-corrected chi connectivity index (χ0v) is 42.7. The third kappa shape index (κ3) is 6.68. The number of para-hydroxylation sites is 2. The van der Waals surface area contributed by atoms with Crippen molar-refractivity contribution >= 4 is 123 Å². The summed E-state index contributed by atoms with van der Waals surface area (Å²) in [5, 5.41) is 11.3. The van der Waals surface area contributed by atoms with E-state index in [4.69, 9.17) is 9.97 Å². The van der Waals surface area contributed by atoms with Gasteiger partial charge < -0.3 is 9.13 Å². The van der Waals surface area contributed by atoms with Crippen molar-refractivity contribution in [3.05, 3.63) is 267 Å². The van der Waals surface area contributed by atoms with Crippen molar-refractivity contribution in [2.24, 2.45) is 0 Å². The van der Waals surface area contributed by atoms with Gasteiger partial charge in [0, 0.05) is 53.4 Å². The van der Waals surface area contributed by atoms with Crippen molar-refractivity contribution in [3.8, 4) is 22.3 Å². The van der Waals surface area contributed by atoms with Crippen LogP contribution < -0.4 is 31.8 Å². The minimum Gasteiger partial charge on any atom is -0.309 e. The van der Waals surface area contributed by atoms with Crippen LogP contribution in [0.1, 0.15) is 0 Å². The van der Waals surface area contributed by atoms with E-state index in [1.165, 1.54) is 0 Å². The Morgan fingerprint density at radius 1 is 0.250 bits per heavy atom. The second-order valence-corrected chi connectivity index (χ2v) is 25.1. The molecule has 6 nitrogen and oxygen atoms in total. The maximum absolute atomic E-state index is 16.2. The molecule has 8 heteroatoms. The van der Waals surface area contributed by atoms with Gasteiger partial charge in [0.05, 0.1) is 33.1 Å². The lowest BCUT2D eigenvalue weighted by molar-refractivity contribution is 0.591. The maximum Gasteiger partial charge on any atom is 0.171 e. The summed E-state index contributed by atoms with van der Waals surface area (Å²) in [5.41, 5.74) is 11.7. The normalized spacial score (nSPS) is 12.9. The van der Waals surface area contributed by atoms with Crippen LogP contribution >= 0.6 is 14.3 Å². The quantitative estimate of drug-likeness (QED) is 0.112. The standard InChI is InChI=1S/C68H44N4O2P2/c73-75(49-16-4-1-5-17-49,50-18-6-2-7-19-50)52-34-30-46(31-35-52)48-32-39-57-55-22-10-13-25-60(55)68-70-62-42-47(33-41-64(62)72(68)65(57)43-48)45-28-36-53(37-29-45)76(74,51-20-8-3-9-21-51)54-38-40-58-56-23-11-12-24-59(56)67-69-61-26-14-15-27-63(61)71(67)66(58)44-54/h1-44H. The average Bonchev–Trinajstić information content (AvgIpc) is 4.18. The highest BCUT2D eigenvalue weighted by atomic mass is 31.2. The lowest BCUT2D eigenvalue weighted by atomic mass is 10.0. The van der Waals surface area contributed by atoms with Crippen LogP contribution in [0.3, 0.4) is 0 Å². The molecule has 4 aromatic heterocycles. The van der Waals surface area contributed by atoms with Gasteiger partial charge in [-0.2, -0.15) is 0 Å². The van der Waals surface area contributed by atoms with Gasteiger partial charge in [0.1, 0.15) is 11.3 Å². The molecule has 15 rings (SSSR count). The van der Waals surface area contributed by atoms with Crippen LogP contribution in [-0.4, -0.2) is 18.8 Å². The minimum absolute atomic E-state index is 0.757. The predicted molar refractivity (Wildman–Crippen MR) is 319 cm³/mol. The van der Waals surface area contributed by atoms with Gasteiger partial charge in [0.25, 0.3) is 0 Å². The van der Waals surface area contributed by atoms with Crippen LogP contribution in [0.4, 0.5) is 0 Å². The second kappa shape index (κ2) is 17.2. The van der Waals surface area contributed by atoms with Crippen LogP contribution in [0.15, 0.2) is 267 Å². The predicted octanol–water partition coefficient (Wildman–Crippen LogP) is 14.5. The fourth-order valence-electron chi connectivity index (χ4n) is 11.7. The van der Waals surface area contributed by atoms with Crippen LogP contribution in [0.5, 0.6) is 0 Å². The van der Waals surface area contributed by atoms with Gasteiger partial charge in [-0.3, -0.25) is 8.80 Å². The summed E-state index contributed by atoms with van der Waals surface area (Å²) in [6.07, 6.45) is 0. The van der Waals surface area contributed by atoms with Crippen molar-refractivity contribution in [1.29, 1.82) is 0 Å². The molecule has 0 saturated carbocycles. The average molecular weight is 1010 g/mol. The third-order valence-corrected chi connectivity index (χ3v) is 21.6. The van der Waals surface area contributed by atoms with Crippen molar-refractivity contribution < 1.29 is 9.13 Å². The number of aromatic nitrogens is 4. The van der Waals surface area contributed by atoms with E-state index < -0.39 is 14.3 Å². The highest BCUT2D eigenvalue weighted by Crippen LogP contribution is 2.46. The smallest absolute Gasteiger partial charge is 0.171 e. The Hall–Kier alpha value is -9.18. The summed E-state index contributed by atoms with van der Waals surface area (Å²) in [6, 6.07) is 90.7. The van der Waals surface area contributed by atoms with E-state index in [0.717, 1.165) is 131 Å². The zero-order valence-electron chi connectivity index (χ0n) is 40.9. The number of hydrogen-bond donors (Lipinski definition) is 0. The molecule has 0 aliphatic rings. The molecule has 0 fully saturated rings. The van der Waals surface area contributed by atoms with Crippen LogP contribution in [0.2, 0.25) is 0 Å². The summed E-state index contributed by atoms with van der Waals surface area (Å²) >= 11 is 0. The van der Waals surface area contributed by atoms with E-state index in [0.29, 0.717) is 0 Å². The van der Waals surface area contributed by atoms with Crippen molar-refractivity contribution in [3.63, 3.8) is 0 Å². The van der Waals surface area contributed by atoms with Crippen molar-refractivity contribution in [2.45, 2.75) is 0 Å². The first-order chi connectivity index (χ1) is 37.4. The van der Waals surface area contributed by atoms with E-state index in [-0.39, 0.29) is 0 Å². The first-order valence-corrected chi connectivity index (χ1v) is 28.9. The van der Waals surface area contributed by atoms with E-state index in [1.807, 2.05) is 127 Å². The monoisotopic (exact) mass is 1010 g/mol. The number of nitrogens with zero attached hydrogens (tertiary/aromatic N) is 4. The fraction of sp³-hybridized carbons (Fsp3) is 0. The highest BCUT2D eigenvalue weighted by Gasteiger charge is 2.32. The number of benzene rings is 11. The molecule has 11 aromatic carbocycles. The van der Waals surface area contributed by atoms with Crippen molar-refractivity contribution in [2.75, 3.05) is 0 Å². The summed E-state index contributed by atoms with van der Waals surface area (Å²) < 4.78 is 35.9. The largest absolute Gasteiger partial charge is 0.309 e. The van der Waals surface area contributed by atoms with Gasteiger partial charge in [0.15, 0.2) is 14.3 Å². The highest BCUT2D eigenvalue weighted by molar-refractivity contribution is 7.85. The molecule has 1 unspecified atom stereocenters. The Labute approximate surface area is 437 Å². The number of hydrogen-bond acceptors (Lipinski definition) is 4. The Morgan fingerprint density at radius 3 is 1.17 bits per heavy atom. The molecule has 1 atom stereocenters. The van der Waals surface area contributed by atoms with Crippen LogP contribution in [-0.2, 0) is 9.13 Å². The number of pyridine rings is 2. The Bertz CT molecular complexity index is 4880. The lowest BCUT2D eigenvalue weighted by Gasteiger charge is -2.21. The van der Waals surface area contributed by atoms with Gasteiger partial charge >= 0.3 is 0 Å². The molecular weight excluding hydrogens is 967 g/mol. The van der Waals surface area contributed by atoms with E-state index in [9.17, 15) is 0 Å². The lowest BCUT2D eigenvalue weighted by Crippen LogP contribution is -2.25. The number of fused-ring (bicyclic) bond motifs is 16. The molecule has 0 amide bonds. The molecule has 358 valence electrons. The first kappa shape index (κ1) is 44.3. The second-order valence-electron chi connectivity index (χ2n) is 19.6. The molecule has 0 N–H and O–H groups in total. The summed E-state index contributed by atoms with van der Waals surface area (Å²) in [5.74, 6) is 0. The molecule has 0 radical (unpaired) electrons. The summed E-state index contributed by atoms with van der Waals surface area (Å²) in [7, 11) is -6.52. The Balaban J connectivity index is 0.830. The molecule has 0 aliphatic heterocycles. The minimum atomic E-state index is -3.40. The van der Waals surface area contributed by atoms with Gasteiger partial charge in [-0.05, 0) is 69.4 Å². The fourth-order valence-corrected chi connectivity index (χ4v) is 17.0. The molecule has 4 heterocycles. The van der Waals surface area contributed by atoms with Gasteiger partial charge in [-0.1, -0.05) is 231 Å². The zero-order chi connectivity index (χ0) is 50.5. The summed E-state index contributed by atoms with van der Waals surface area (Å²) in [6.45, 7) is 0. The van der Waals surface area contributed by atoms with E-state index >= 15 is 9.13 Å². The maximum atomic E-state index is 16.2. The Morgan fingerprint density at radius 2 is 0.618 bits per heavy atom. The van der Waals surface area contributed by atoms with Crippen molar-refractivity contribution in [1.82, 2.24) is 18.8 Å². The van der Waals surface area contributed by atoms with E-state index in [1.54, 1.807) is 0 Å². The van der Waals surface area contributed by atoms with E-state index in [2.05, 4.69) is 148 Å². The van der Waals surface area contributed by atoms with Gasteiger partial charge in [-0.25, -0.2) is 9.97 Å². The van der Waals surface area contributed by atoms with Crippen LogP contribution in [0.25, 0.3) is 99.0 Å². The number of rotatable bonds is 8. The van der Waals surface area contributed by atoms with Gasteiger partial charge in [-0.15, -0.1) is 0 Å². The number of imidazole rings is 2. The molecule has 0 aliphatic carbocycles. The SMILES string of the molecule is O=P(c1ccccc1)(c1ccccc1)c1ccc(-c2ccc3c4ccccc4c4nc5cc(-c6ccc(P(=O)(c7ccccc7)c7ccc8c9ccccc9c9nc%10ccccc%10n9c8c7)cc6)ccc5n4c3c2)cc1. The molecule has 76 heavy (non-hydrogen) atoms.